The van der Waals surface area contributed by atoms with E-state index in [-0.39, 0.29) is 35.1 Å². The summed E-state index contributed by atoms with van der Waals surface area (Å²) in [5.74, 6) is 0.200. The van der Waals surface area contributed by atoms with Gasteiger partial charge in [-0.1, -0.05) is 30.7 Å². The third-order valence-electron chi connectivity index (χ3n) is 4.71. The molecule has 0 spiro atoms. The van der Waals surface area contributed by atoms with Crippen molar-refractivity contribution >= 4 is 5.91 Å². The molecule has 3 atom stereocenters. The quantitative estimate of drug-likeness (QED) is 0.919. The van der Waals surface area contributed by atoms with Gasteiger partial charge < -0.3 is 10.3 Å². The Balaban J connectivity index is 1.98. The number of primary amides is 1. The van der Waals surface area contributed by atoms with E-state index in [0.717, 1.165) is 19.3 Å². The van der Waals surface area contributed by atoms with Crippen molar-refractivity contribution in [2.45, 2.75) is 25.3 Å². The Morgan fingerprint density at radius 3 is 2.48 bits per heavy atom. The van der Waals surface area contributed by atoms with Crippen molar-refractivity contribution in [2.75, 3.05) is 0 Å². The van der Waals surface area contributed by atoms with Gasteiger partial charge in [0.25, 0.3) is 0 Å². The summed E-state index contributed by atoms with van der Waals surface area (Å²) in [5, 5.41) is 0. The van der Waals surface area contributed by atoms with Crippen LogP contribution >= 0.6 is 0 Å². The summed E-state index contributed by atoms with van der Waals surface area (Å²) in [6.07, 6.45) is 14.9. The molecule has 1 heterocycles. The fourth-order valence-corrected chi connectivity index (χ4v) is 3.76. The van der Waals surface area contributed by atoms with Crippen LogP contribution in [-0.2, 0) is 4.79 Å². The molecule has 1 amide bonds. The minimum Gasteiger partial charge on any atom is -0.369 e. The predicted octanol–water partition coefficient (Wildman–Crippen LogP) is 2.03. The first-order valence-corrected chi connectivity index (χ1v) is 7.49. The van der Waals surface area contributed by atoms with Crippen molar-refractivity contribution in [3.05, 3.63) is 59.1 Å². The zero-order valence-corrected chi connectivity index (χ0v) is 11.9. The average Bonchev–Trinajstić information content (AvgIpc) is 3.13. The minimum absolute atomic E-state index is 0.000351. The number of carbonyl (C=O) groups is 1. The predicted molar refractivity (Wildman–Crippen MR) is 81.5 cm³/mol. The number of pyridine rings is 1. The average molecular weight is 284 g/mol. The maximum Gasteiger partial charge on any atom is 0.220 e. The van der Waals surface area contributed by atoms with Crippen LogP contribution in [0.2, 0.25) is 0 Å². The van der Waals surface area contributed by atoms with Gasteiger partial charge in [0.15, 0.2) is 5.43 Å². The fourth-order valence-electron chi connectivity index (χ4n) is 3.76. The van der Waals surface area contributed by atoms with Crippen molar-refractivity contribution in [3.63, 3.8) is 0 Å². The fraction of sp³-hybridized carbons (Fsp3) is 0.412. The second kappa shape index (κ2) is 5.72. The Morgan fingerprint density at radius 2 is 1.86 bits per heavy atom. The molecule has 1 saturated carbocycles. The normalized spacial score (nSPS) is 26.3. The van der Waals surface area contributed by atoms with Crippen molar-refractivity contribution in [1.29, 1.82) is 0 Å². The van der Waals surface area contributed by atoms with Gasteiger partial charge in [0.1, 0.15) is 0 Å². The summed E-state index contributed by atoms with van der Waals surface area (Å²) in [4.78, 5) is 23.1. The van der Waals surface area contributed by atoms with Gasteiger partial charge in [-0.3, -0.25) is 9.59 Å². The first-order valence-electron chi connectivity index (χ1n) is 7.49. The third-order valence-corrected chi connectivity index (χ3v) is 4.71. The van der Waals surface area contributed by atoms with Crippen LogP contribution in [0.1, 0.15) is 25.3 Å². The highest BCUT2D eigenvalue weighted by Gasteiger charge is 2.40. The second-order valence-electron chi connectivity index (χ2n) is 5.92. The molecule has 21 heavy (non-hydrogen) atoms. The highest BCUT2D eigenvalue weighted by atomic mass is 16.1. The van der Waals surface area contributed by atoms with E-state index in [1.807, 2.05) is 24.5 Å². The number of amides is 1. The molecule has 0 bridgehead atoms. The molecule has 2 N–H and O–H groups in total. The standard InChI is InChI=1S/C17H20N2O2/c18-17(21)15-7-3-6-14(15)16(12-4-1-2-5-12)19-10-8-13(20)9-11-19/h1-2,4-5,8-12,14-16H,3,6-7H2,(H2,18,21). The van der Waals surface area contributed by atoms with Crippen LogP contribution in [0.25, 0.3) is 0 Å². The maximum atomic E-state index is 11.7. The monoisotopic (exact) mass is 284 g/mol. The molecule has 2 aliphatic carbocycles. The lowest BCUT2D eigenvalue weighted by Gasteiger charge is -2.32. The lowest BCUT2D eigenvalue weighted by molar-refractivity contribution is -0.123. The first-order chi connectivity index (χ1) is 10.2. The molecule has 0 radical (unpaired) electrons. The number of carbonyl (C=O) groups excluding carboxylic acids is 1. The molecule has 4 heteroatoms. The summed E-state index contributed by atoms with van der Waals surface area (Å²) in [7, 11) is 0. The largest absolute Gasteiger partial charge is 0.369 e. The van der Waals surface area contributed by atoms with Crippen LogP contribution in [0.15, 0.2) is 53.6 Å². The molecular weight excluding hydrogens is 264 g/mol. The number of nitrogens with two attached hydrogens (primary N) is 1. The SMILES string of the molecule is NC(=O)C1CCCC1C(C1C=CC=C1)n1ccc(=O)cc1. The van der Waals surface area contributed by atoms with Crippen LogP contribution < -0.4 is 11.2 Å². The van der Waals surface area contributed by atoms with Gasteiger partial charge in [-0.05, 0) is 18.8 Å². The number of hydrogen-bond donors (Lipinski definition) is 1. The van der Waals surface area contributed by atoms with Crippen LogP contribution in [0.3, 0.4) is 0 Å². The van der Waals surface area contributed by atoms with E-state index in [9.17, 15) is 9.59 Å². The van der Waals surface area contributed by atoms with Crippen LogP contribution in [0.4, 0.5) is 0 Å². The van der Waals surface area contributed by atoms with Crippen molar-refractivity contribution < 1.29 is 4.79 Å². The van der Waals surface area contributed by atoms with Crippen LogP contribution in [-0.4, -0.2) is 10.5 Å². The molecule has 3 unspecified atom stereocenters. The third kappa shape index (κ3) is 2.71. The zero-order valence-electron chi connectivity index (χ0n) is 11.9. The van der Waals surface area contributed by atoms with Gasteiger partial charge in [0.2, 0.25) is 5.91 Å². The molecule has 1 aromatic rings. The molecule has 1 aromatic heterocycles. The highest BCUT2D eigenvalue weighted by Crippen LogP contribution is 2.43. The van der Waals surface area contributed by atoms with Gasteiger partial charge in [0.05, 0.1) is 0 Å². The van der Waals surface area contributed by atoms with Crippen LogP contribution in [0.5, 0.6) is 0 Å². The Labute approximate surface area is 124 Å². The van der Waals surface area contributed by atoms with E-state index in [0.29, 0.717) is 0 Å². The Morgan fingerprint density at radius 1 is 1.19 bits per heavy atom. The van der Waals surface area contributed by atoms with E-state index in [1.165, 1.54) is 0 Å². The summed E-state index contributed by atoms with van der Waals surface area (Å²) in [6.45, 7) is 0. The minimum atomic E-state index is -0.200. The van der Waals surface area contributed by atoms with Gasteiger partial charge in [-0.2, -0.15) is 0 Å². The van der Waals surface area contributed by atoms with E-state index >= 15 is 0 Å². The molecular formula is C17H20N2O2. The Hall–Kier alpha value is -2.10. The number of rotatable bonds is 4. The van der Waals surface area contributed by atoms with Crippen molar-refractivity contribution in [2.24, 2.45) is 23.5 Å². The number of nitrogens with zero attached hydrogens (tertiary/aromatic N) is 1. The zero-order chi connectivity index (χ0) is 14.8. The number of aromatic nitrogens is 1. The molecule has 4 nitrogen and oxygen atoms in total. The number of hydrogen-bond acceptors (Lipinski definition) is 2. The molecule has 0 aromatic carbocycles. The highest BCUT2D eigenvalue weighted by molar-refractivity contribution is 5.77. The van der Waals surface area contributed by atoms with Crippen LogP contribution in [0, 0.1) is 17.8 Å². The van der Waals surface area contributed by atoms with Gasteiger partial charge >= 0.3 is 0 Å². The molecule has 1 fully saturated rings. The van der Waals surface area contributed by atoms with Crippen molar-refractivity contribution in [3.8, 4) is 0 Å². The summed E-state index contributed by atoms with van der Waals surface area (Å²) < 4.78 is 2.07. The topological polar surface area (TPSA) is 65.1 Å². The summed E-state index contributed by atoms with van der Waals surface area (Å²) in [6, 6.07) is 3.29. The molecule has 110 valence electrons. The lowest BCUT2D eigenvalue weighted by Crippen LogP contribution is -2.34. The second-order valence-corrected chi connectivity index (χ2v) is 5.92. The van der Waals surface area contributed by atoms with Crippen molar-refractivity contribution in [1.82, 2.24) is 4.57 Å². The maximum absolute atomic E-state index is 11.7. The van der Waals surface area contributed by atoms with Gasteiger partial charge in [-0.15, -0.1) is 0 Å². The van der Waals surface area contributed by atoms with E-state index in [2.05, 4.69) is 16.7 Å². The van der Waals surface area contributed by atoms with E-state index in [1.54, 1.807) is 12.1 Å². The molecule has 3 rings (SSSR count). The first kappa shape index (κ1) is 13.9. The molecule has 0 saturated heterocycles. The van der Waals surface area contributed by atoms with E-state index < -0.39 is 0 Å². The molecule has 0 aliphatic heterocycles. The Bertz CT molecular complexity index is 612. The smallest absolute Gasteiger partial charge is 0.220 e. The Kier molecular flexibility index (Phi) is 3.78. The van der Waals surface area contributed by atoms with Gasteiger partial charge in [0, 0.05) is 42.4 Å². The molecule has 2 aliphatic rings. The summed E-state index contributed by atoms with van der Waals surface area (Å²) in [5.41, 5.74) is 5.59. The van der Waals surface area contributed by atoms with E-state index in [4.69, 9.17) is 5.73 Å². The summed E-state index contributed by atoms with van der Waals surface area (Å²) >= 11 is 0. The lowest BCUT2D eigenvalue weighted by atomic mass is 9.81. The van der Waals surface area contributed by atoms with Gasteiger partial charge in [-0.25, -0.2) is 0 Å². The number of allylic oxidation sites excluding steroid dienone is 4.